The van der Waals surface area contributed by atoms with Crippen molar-refractivity contribution in [1.29, 1.82) is 0 Å². The molecule has 0 radical (unpaired) electrons. The van der Waals surface area contributed by atoms with E-state index in [4.69, 9.17) is 28.2 Å². The first-order valence-electron chi connectivity index (χ1n) is 12.7. The van der Waals surface area contributed by atoms with E-state index in [0.717, 1.165) is 39.6 Å². The number of hydrogen-bond acceptors (Lipinski definition) is 1. The Morgan fingerprint density at radius 1 is 0.757 bits per heavy atom. The molecule has 0 saturated heterocycles. The van der Waals surface area contributed by atoms with Crippen molar-refractivity contribution in [2.75, 3.05) is 0 Å². The summed E-state index contributed by atoms with van der Waals surface area (Å²) in [6, 6.07) is 30.7. The van der Waals surface area contributed by atoms with Crippen molar-refractivity contribution in [3.63, 3.8) is 0 Å². The normalized spacial score (nSPS) is 13.5. The lowest BCUT2D eigenvalue weighted by molar-refractivity contribution is 0.485. The molecule has 0 bridgehead atoms. The SMILES string of the molecule is FCc1ccc(CCn2c(C3CC3)nc3ccc(C(c4ccc(Cl)cc4)c4ccc(Cl)cc4)cc32)cc1. The van der Waals surface area contributed by atoms with Gasteiger partial charge in [0.25, 0.3) is 0 Å². The molecular weight excluding hydrogens is 502 g/mol. The summed E-state index contributed by atoms with van der Waals surface area (Å²) in [5, 5.41) is 1.45. The lowest BCUT2D eigenvalue weighted by Gasteiger charge is -2.20. The van der Waals surface area contributed by atoms with Crippen LogP contribution < -0.4 is 0 Å². The molecule has 1 aliphatic carbocycles. The van der Waals surface area contributed by atoms with E-state index in [9.17, 15) is 4.39 Å². The first-order chi connectivity index (χ1) is 18.1. The van der Waals surface area contributed by atoms with E-state index < -0.39 is 6.67 Å². The molecule has 1 saturated carbocycles. The molecule has 6 rings (SSSR count). The highest BCUT2D eigenvalue weighted by Crippen LogP contribution is 2.42. The van der Waals surface area contributed by atoms with Gasteiger partial charge in [0.05, 0.1) is 11.0 Å². The zero-order chi connectivity index (χ0) is 25.4. The fourth-order valence-corrected chi connectivity index (χ4v) is 5.40. The predicted molar refractivity (Wildman–Crippen MR) is 151 cm³/mol. The first kappa shape index (κ1) is 24.2. The predicted octanol–water partition coefficient (Wildman–Crippen LogP) is 9.11. The van der Waals surface area contributed by atoms with Crippen LogP contribution in [-0.4, -0.2) is 9.55 Å². The Labute approximate surface area is 226 Å². The number of aryl methyl sites for hydroxylation is 2. The minimum atomic E-state index is -0.427. The molecule has 5 aromatic rings. The number of nitrogens with zero attached hydrogens (tertiary/aromatic N) is 2. The van der Waals surface area contributed by atoms with Gasteiger partial charge in [0.2, 0.25) is 0 Å². The molecule has 37 heavy (non-hydrogen) atoms. The number of rotatable bonds is 8. The minimum absolute atomic E-state index is 0.0416. The number of aromatic nitrogens is 2. The van der Waals surface area contributed by atoms with Crippen LogP contribution >= 0.6 is 23.2 Å². The molecule has 0 spiro atoms. The number of benzene rings is 4. The fourth-order valence-electron chi connectivity index (χ4n) is 5.15. The molecule has 0 N–H and O–H groups in total. The molecule has 1 fully saturated rings. The second kappa shape index (κ2) is 10.3. The van der Waals surface area contributed by atoms with Crippen molar-refractivity contribution in [1.82, 2.24) is 9.55 Å². The number of alkyl halides is 1. The van der Waals surface area contributed by atoms with Gasteiger partial charge in [-0.1, -0.05) is 77.8 Å². The lowest BCUT2D eigenvalue weighted by Crippen LogP contribution is -2.07. The summed E-state index contributed by atoms with van der Waals surface area (Å²) in [7, 11) is 0. The average Bonchev–Trinajstić information content (AvgIpc) is 3.71. The van der Waals surface area contributed by atoms with Gasteiger partial charge in [-0.3, -0.25) is 0 Å². The first-order valence-corrected chi connectivity index (χ1v) is 13.5. The Bertz CT molecular complexity index is 1470. The van der Waals surface area contributed by atoms with Crippen LogP contribution in [0.3, 0.4) is 0 Å². The number of imidazole rings is 1. The smallest absolute Gasteiger partial charge is 0.115 e. The van der Waals surface area contributed by atoms with Gasteiger partial charge in [-0.2, -0.15) is 0 Å². The molecule has 1 aromatic heterocycles. The highest BCUT2D eigenvalue weighted by Gasteiger charge is 2.30. The molecule has 2 nitrogen and oxygen atoms in total. The summed E-state index contributed by atoms with van der Waals surface area (Å²) >= 11 is 12.4. The maximum Gasteiger partial charge on any atom is 0.115 e. The maximum atomic E-state index is 13.0. The molecule has 0 aliphatic heterocycles. The van der Waals surface area contributed by atoms with E-state index in [0.29, 0.717) is 5.92 Å². The van der Waals surface area contributed by atoms with Gasteiger partial charge in [0, 0.05) is 28.4 Å². The van der Waals surface area contributed by atoms with Crippen molar-refractivity contribution < 1.29 is 4.39 Å². The van der Waals surface area contributed by atoms with Crippen molar-refractivity contribution in [3.8, 4) is 0 Å². The molecule has 0 unspecified atom stereocenters. The van der Waals surface area contributed by atoms with Crippen molar-refractivity contribution >= 4 is 34.2 Å². The van der Waals surface area contributed by atoms with Gasteiger partial charge < -0.3 is 4.57 Å². The van der Waals surface area contributed by atoms with Gasteiger partial charge in [-0.15, -0.1) is 0 Å². The summed E-state index contributed by atoms with van der Waals surface area (Å²) in [6.07, 6.45) is 3.26. The van der Waals surface area contributed by atoms with E-state index >= 15 is 0 Å². The highest BCUT2D eigenvalue weighted by molar-refractivity contribution is 6.30. The molecule has 0 atom stereocenters. The van der Waals surface area contributed by atoms with Crippen molar-refractivity contribution in [2.45, 2.75) is 44.3 Å². The van der Waals surface area contributed by atoms with Gasteiger partial charge in [0.1, 0.15) is 12.5 Å². The second-order valence-electron chi connectivity index (χ2n) is 9.88. The summed E-state index contributed by atoms with van der Waals surface area (Å²) in [4.78, 5) is 5.06. The Morgan fingerprint density at radius 2 is 1.32 bits per heavy atom. The van der Waals surface area contributed by atoms with Crippen LogP contribution in [-0.2, 0) is 19.6 Å². The number of halogens is 3. The van der Waals surface area contributed by atoms with Crippen molar-refractivity contribution in [2.24, 2.45) is 0 Å². The van der Waals surface area contributed by atoms with Crippen LogP contribution in [0.5, 0.6) is 0 Å². The minimum Gasteiger partial charge on any atom is -0.327 e. The van der Waals surface area contributed by atoms with E-state index in [1.807, 2.05) is 48.5 Å². The summed E-state index contributed by atoms with van der Waals surface area (Å²) < 4.78 is 15.4. The Hall–Kier alpha value is -3.14. The number of fused-ring (bicyclic) bond motifs is 1. The second-order valence-corrected chi connectivity index (χ2v) is 10.8. The van der Waals surface area contributed by atoms with E-state index in [1.54, 1.807) is 0 Å². The van der Waals surface area contributed by atoms with Gasteiger partial charge >= 0.3 is 0 Å². The number of hydrogen-bond donors (Lipinski definition) is 0. The monoisotopic (exact) mass is 528 g/mol. The van der Waals surface area contributed by atoms with Crippen LogP contribution in [0.25, 0.3) is 11.0 Å². The third kappa shape index (κ3) is 5.16. The van der Waals surface area contributed by atoms with Crippen molar-refractivity contribution in [3.05, 3.63) is 135 Å². The maximum absolute atomic E-state index is 13.0. The quantitative estimate of drug-likeness (QED) is 0.183. The Morgan fingerprint density at radius 3 is 1.89 bits per heavy atom. The van der Waals surface area contributed by atoms with E-state index in [2.05, 4.69) is 47.0 Å². The zero-order valence-corrected chi connectivity index (χ0v) is 21.9. The highest BCUT2D eigenvalue weighted by atomic mass is 35.5. The fraction of sp³-hybridized carbons (Fsp3) is 0.219. The average molecular weight is 529 g/mol. The van der Waals surface area contributed by atoms with Gasteiger partial charge in [0.15, 0.2) is 0 Å². The summed E-state index contributed by atoms with van der Waals surface area (Å²) in [5.41, 5.74) is 7.66. The molecule has 5 heteroatoms. The topological polar surface area (TPSA) is 17.8 Å². The van der Waals surface area contributed by atoms with E-state index in [-0.39, 0.29) is 5.92 Å². The third-order valence-corrected chi connectivity index (χ3v) is 7.79. The van der Waals surface area contributed by atoms with Crippen LogP contribution in [0.4, 0.5) is 4.39 Å². The van der Waals surface area contributed by atoms with Crippen LogP contribution in [0.2, 0.25) is 10.0 Å². The largest absolute Gasteiger partial charge is 0.327 e. The molecule has 0 amide bonds. The summed E-state index contributed by atoms with van der Waals surface area (Å²) in [5.74, 6) is 1.76. The van der Waals surface area contributed by atoms with Gasteiger partial charge in [-0.05, 0) is 83.5 Å². The standard InChI is InChI=1S/C32H27Cl2FN2/c33-27-12-7-23(8-13-27)31(24-9-14-28(34)15-10-24)26-11-16-29-30(19-26)37(32(36-29)25-5-6-25)18-17-21-1-3-22(20-35)4-2-21/h1-4,7-16,19,25,31H,5-6,17-18,20H2. The molecule has 4 aromatic carbocycles. The van der Waals surface area contributed by atoms with Crippen LogP contribution in [0.1, 0.15) is 58.3 Å². The van der Waals surface area contributed by atoms with E-state index in [1.165, 1.54) is 40.9 Å². The molecular formula is C32H27Cl2FN2. The lowest BCUT2D eigenvalue weighted by atomic mass is 9.85. The Balaban J connectivity index is 1.41. The van der Waals surface area contributed by atoms with Gasteiger partial charge in [-0.25, -0.2) is 9.37 Å². The zero-order valence-electron chi connectivity index (χ0n) is 20.4. The molecule has 186 valence electrons. The van der Waals surface area contributed by atoms with Crippen LogP contribution in [0, 0.1) is 0 Å². The summed E-state index contributed by atoms with van der Waals surface area (Å²) in [6.45, 7) is 0.413. The molecule has 1 aliphatic rings. The van der Waals surface area contributed by atoms with Crippen LogP contribution in [0.15, 0.2) is 91.0 Å². The molecule has 1 heterocycles. The third-order valence-electron chi connectivity index (χ3n) is 7.29. The Kier molecular flexibility index (Phi) is 6.75.